The monoisotopic (exact) mass is 230 g/mol. The van der Waals surface area contributed by atoms with E-state index in [0.717, 1.165) is 23.8 Å². The van der Waals surface area contributed by atoms with Crippen LogP contribution in [0.15, 0.2) is 11.6 Å². The van der Waals surface area contributed by atoms with E-state index >= 15 is 0 Å². The molecule has 5 aliphatic carbocycles. The standard InChI is InChI=1S/C16H22O/c1-13(2)6-5-10(9-17)16-12-7-11(14(16,3)4)8-15(12,13)16/h5,9,11-12H,6-8H2,1-4H3. The SMILES string of the molecule is CC1(C)CC=C(C=O)C23C4CC(CC412)C3(C)C. The number of aldehydes is 1. The molecule has 2 spiro atoms. The fourth-order valence-corrected chi connectivity index (χ4v) is 6.91. The normalized spacial score (nSPS) is 55.2. The van der Waals surface area contributed by atoms with Crippen molar-refractivity contribution in [3.05, 3.63) is 11.6 Å². The molecule has 0 aromatic carbocycles. The summed E-state index contributed by atoms with van der Waals surface area (Å²) in [6, 6.07) is 0. The minimum Gasteiger partial charge on any atom is -0.298 e. The third-order valence-electron chi connectivity index (χ3n) is 7.49. The maximum absolute atomic E-state index is 11.5. The topological polar surface area (TPSA) is 17.1 Å². The first kappa shape index (κ1) is 10.3. The molecule has 17 heavy (non-hydrogen) atoms. The average Bonchev–Trinajstić information content (AvgIpc) is 2.53. The Balaban J connectivity index is 2.02. The van der Waals surface area contributed by atoms with Crippen LogP contribution in [0.4, 0.5) is 0 Å². The van der Waals surface area contributed by atoms with Gasteiger partial charge in [0.25, 0.3) is 0 Å². The molecule has 0 aromatic heterocycles. The Labute approximate surface area is 104 Å². The summed E-state index contributed by atoms with van der Waals surface area (Å²) in [6.45, 7) is 9.71. The first-order valence-electron chi connectivity index (χ1n) is 7.02. The number of allylic oxidation sites excluding steroid dienone is 2. The zero-order valence-corrected chi connectivity index (χ0v) is 11.3. The van der Waals surface area contributed by atoms with Crippen molar-refractivity contribution in [2.45, 2.75) is 47.0 Å². The van der Waals surface area contributed by atoms with E-state index in [-0.39, 0.29) is 5.41 Å². The van der Waals surface area contributed by atoms with Crippen molar-refractivity contribution in [1.82, 2.24) is 0 Å². The molecule has 0 heterocycles. The van der Waals surface area contributed by atoms with Gasteiger partial charge in [0.2, 0.25) is 0 Å². The Morgan fingerprint density at radius 2 is 2.00 bits per heavy atom. The summed E-state index contributed by atoms with van der Waals surface area (Å²) in [5, 5.41) is 0. The van der Waals surface area contributed by atoms with Crippen molar-refractivity contribution in [3.63, 3.8) is 0 Å². The van der Waals surface area contributed by atoms with Gasteiger partial charge in [0.1, 0.15) is 6.29 Å². The molecule has 4 fully saturated rings. The van der Waals surface area contributed by atoms with Crippen LogP contribution < -0.4 is 0 Å². The summed E-state index contributed by atoms with van der Waals surface area (Å²) in [6.07, 6.45) is 7.30. The van der Waals surface area contributed by atoms with E-state index in [9.17, 15) is 4.79 Å². The van der Waals surface area contributed by atoms with Gasteiger partial charge in [0.15, 0.2) is 0 Å². The van der Waals surface area contributed by atoms with E-state index in [1.165, 1.54) is 19.1 Å². The third kappa shape index (κ3) is 0.648. The summed E-state index contributed by atoms with van der Waals surface area (Å²) in [4.78, 5) is 11.5. The van der Waals surface area contributed by atoms with E-state index in [2.05, 4.69) is 33.8 Å². The van der Waals surface area contributed by atoms with Crippen LogP contribution in [0.5, 0.6) is 0 Å². The van der Waals surface area contributed by atoms with Gasteiger partial charge < -0.3 is 0 Å². The van der Waals surface area contributed by atoms with Gasteiger partial charge in [-0.2, -0.15) is 0 Å². The predicted molar refractivity (Wildman–Crippen MR) is 67.4 cm³/mol. The van der Waals surface area contributed by atoms with Crippen LogP contribution in [0.3, 0.4) is 0 Å². The van der Waals surface area contributed by atoms with Gasteiger partial charge in [-0.25, -0.2) is 0 Å². The molecular weight excluding hydrogens is 208 g/mol. The van der Waals surface area contributed by atoms with Gasteiger partial charge in [0, 0.05) is 5.41 Å². The molecule has 4 unspecified atom stereocenters. The van der Waals surface area contributed by atoms with E-state index in [1.807, 2.05) is 0 Å². The van der Waals surface area contributed by atoms with Crippen LogP contribution in [0.25, 0.3) is 0 Å². The van der Waals surface area contributed by atoms with Crippen molar-refractivity contribution < 1.29 is 4.79 Å². The van der Waals surface area contributed by atoms with Crippen LogP contribution in [0, 0.1) is 33.5 Å². The summed E-state index contributed by atoms with van der Waals surface area (Å²) in [5.74, 6) is 1.66. The van der Waals surface area contributed by atoms with Gasteiger partial charge in [0.05, 0.1) is 0 Å². The third-order valence-corrected chi connectivity index (χ3v) is 7.49. The molecule has 0 aliphatic heterocycles. The van der Waals surface area contributed by atoms with Gasteiger partial charge in [-0.3, -0.25) is 4.79 Å². The van der Waals surface area contributed by atoms with Crippen molar-refractivity contribution >= 4 is 6.29 Å². The maximum atomic E-state index is 11.5. The molecule has 0 N–H and O–H groups in total. The van der Waals surface area contributed by atoms with E-state index in [0.29, 0.717) is 16.2 Å². The lowest BCUT2D eigenvalue weighted by Crippen LogP contribution is -2.37. The van der Waals surface area contributed by atoms with Crippen molar-refractivity contribution in [1.29, 1.82) is 0 Å². The summed E-state index contributed by atoms with van der Waals surface area (Å²) in [7, 11) is 0. The molecule has 4 saturated carbocycles. The van der Waals surface area contributed by atoms with E-state index < -0.39 is 0 Å². The molecule has 5 rings (SSSR count). The lowest BCUT2D eigenvalue weighted by molar-refractivity contribution is -0.106. The number of carbonyl (C=O) groups excluding carboxylic acids is 1. The number of hydrogen-bond donors (Lipinski definition) is 0. The summed E-state index contributed by atoms with van der Waals surface area (Å²) < 4.78 is 0. The van der Waals surface area contributed by atoms with Crippen molar-refractivity contribution in [3.8, 4) is 0 Å². The molecule has 4 atom stereocenters. The second-order valence-corrected chi connectivity index (χ2v) is 8.06. The maximum Gasteiger partial charge on any atom is 0.146 e. The number of hydrogen-bond acceptors (Lipinski definition) is 1. The van der Waals surface area contributed by atoms with Crippen LogP contribution in [0.1, 0.15) is 47.0 Å². The Morgan fingerprint density at radius 1 is 1.29 bits per heavy atom. The number of rotatable bonds is 1. The highest BCUT2D eigenvalue weighted by atomic mass is 16.1. The lowest BCUT2D eigenvalue weighted by Gasteiger charge is -2.42. The molecule has 0 radical (unpaired) electrons. The van der Waals surface area contributed by atoms with Crippen molar-refractivity contribution in [2.75, 3.05) is 0 Å². The molecule has 0 saturated heterocycles. The van der Waals surface area contributed by atoms with Gasteiger partial charge in [-0.05, 0) is 52.9 Å². The Morgan fingerprint density at radius 3 is 2.59 bits per heavy atom. The molecule has 4 bridgehead atoms. The largest absolute Gasteiger partial charge is 0.298 e. The highest BCUT2D eigenvalue weighted by molar-refractivity contribution is 5.81. The minimum atomic E-state index is 0.258. The van der Waals surface area contributed by atoms with Crippen LogP contribution in [-0.2, 0) is 4.79 Å². The summed E-state index contributed by atoms with van der Waals surface area (Å²) in [5.41, 5.74) is 2.63. The molecule has 5 aliphatic rings. The molecule has 1 nitrogen and oxygen atoms in total. The quantitative estimate of drug-likeness (QED) is 0.629. The predicted octanol–water partition coefficient (Wildman–Crippen LogP) is 3.59. The highest BCUT2D eigenvalue weighted by Gasteiger charge is 2.94. The second-order valence-electron chi connectivity index (χ2n) is 8.06. The molecule has 1 heteroatoms. The molecule has 0 amide bonds. The first-order chi connectivity index (χ1) is 7.86. The summed E-state index contributed by atoms with van der Waals surface area (Å²) >= 11 is 0. The minimum absolute atomic E-state index is 0.258. The second kappa shape index (κ2) is 2.29. The Hall–Kier alpha value is -0.590. The lowest BCUT2D eigenvalue weighted by atomic mass is 9.61. The average molecular weight is 230 g/mol. The smallest absolute Gasteiger partial charge is 0.146 e. The van der Waals surface area contributed by atoms with E-state index in [1.54, 1.807) is 0 Å². The van der Waals surface area contributed by atoms with E-state index in [4.69, 9.17) is 0 Å². The highest BCUT2D eigenvalue weighted by Crippen LogP contribution is 2.99. The zero-order valence-electron chi connectivity index (χ0n) is 11.3. The van der Waals surface area contributed by atoms with Crippen molar-refractivity contribution in [2.24, 2.45) is 33.5 Å². The Bertz CT molecular complexity index is 470. The van der Waals surface area contributed by atoms with Crippen LogP contribution in [0.2, 0.25) is 0 Å². The van der Waals surface area contributed by atoms with Crippen LogP contribution >= 0.6 is 0 Å². The molecule has 92 valence electrons. The first-order valence-corrected chi connectivity index (χ1v) is 7.02. The molecule has 0 aromatic rings. The zero-order chi connectivity index (χ0) is 12.3. The van der Waals surface area contributed by atoms with Gasteiger partial charge in [-0.1, -0.05) is 33.8 Å². The number of carbonyl (C=O) groups is 1. The van der Waals surface area contributed by atoms with Gasteiger partial charge >= 0.3 is 0 Å². The fraction of sp³-hybridized carbons (Fsp3) is 0.812. The van der Waals surface area contributed by atoms with Crippen LogP contribution in [-0.4, -0.2) is 6.29 Å². The molecular formula is C16H22O. The van der Waals surface area contributed by atoms with Gasteiger partial charge in [-0.15, -0.1) is 0 Å². The Kier molecular flexibility index (Phi) is 1.39. The fourth-order valence-electron chi connectivity index (χ4n) is 6.91.